The van der Waals surface area contributed by atoms with Crippen molar-refractivity contribution in [2.45, 2.75) is 117 Å². The maximum atomic E-state index is 12.1. The number of H-pyrrole nitrogens is 1. The molecule has 0 aliphatic rings. The number of aliphatic carboxylic acids is 1. The first kappa shape index (κ1) is 88.2. The largest absolute Gasteiger partial charge is 0.488 e. The highest BCUT2D eigenvalue weighted by Crippen LogP contribution is 2.41. The van der Waals surface area contributed by atoms with E-state index in [0.29, 0.717) is 47.0 Å². The number of esters is 3. The van der Waals surface area contributed by atoms with E-state index in [2.05, 4.69) is 101 Å². The number of nitrogens with one attached hydrogen (secondary N) is 1. The fraction of sp³-hybridized carbons (Fsp3) is 0.275. The summed E-state index contributed by atoms with van der Waals surface area (Å²) in [6, 6.07) is 35.8. The van der Waals surface area contributed by atoms with Crippen LogP contribution in [0.4, 0.5) is 0 Å². The SMILES string of the molecule is C.CC(C)(Sc1ccncc1-c1ccc(C#N)cc1)C(=O)O.CCOC(=O)C(C)(C)Br.CCOC(=O)C(C)(C)Sc1ccncc1-c1ccc(C#N)cc1.CCOC(=O)C(C)(C)Sc1ccncc1Br.Clc1ccncc1Br.N#Cc1ccc(B(O)O)cc1.S=c1cc[nH]cc1Br. The molecular weight excluding hydrogens is 1590 g/mol. The van der Waals surface area contributed by atoms with Crippen molar-refractivity contribution < 1.29 is 48.5 Å². The monoisotopic (exact) mass is 1660 g/mol. The molecule has 4 N–H and O–H groups in total. The van der Waals surface area contributed by atoms with Gasteiger partial charge in [-0.15, -0.1) is 35.3 Å². The zero-order valence-electron chi connectivity index (χ0n) is 54.1. The average Bonchev–Trinajstić information content (AvgIpc) is 0.831. The van der Waals surface area contributed by atoms with Gasteiger partial charge in [-0.05, 0) is 207 Å². The first-order valence-corrected chi connectivity index (χ1v) is 35.1. The van der Waals surface area contributed by atoms with Crippen molar-refractivity contribution in [3.05, 3.63) is 205 Å². The second-order valence-corrected chi connectivity index (χ2v) is 31.3. The highest BCUT2D eigenvalue weighted by molar-refractivity contribution is 9.11. The van der Waals surface area contributed by atoms with Crippen molar-refractivity contribution in [3.8, 4) is 40.5 Å². The third-order valence-electron chi connectivity index (χ3n) is 11.7. The van der Waals surface area contributed by atoms with Crippen LogP contribution in [-0.4, -0.2) is 109 Å². The summed E-state index contributed by atoms with van der Waals surface area (Å²) in [4.78, 5) is 67.6. The molecule has 0 fully saturated rings. The van der Waals surface area contributed by atoms with Crippen LogP contribution in [0.15, 0.2) is 193 Å². The van der Waals surface area contributed by atoms with Gasteiger partial charge >= 0.3 is 31.0 Å². The van der Waals surface area contributed by atoms with E-state index in [1.807, 2.05) is 88.5 Å². The zero-order valence-corrected chi connectivity index (χ0v) is 64.5. The first-order chi connectivity index (χ1) is 45.2. The lowest BCUT2D eigenvalue weighted by Gasteiger charge is -2.23. The lowest BCUT2D eigenvalue weighted by molar-refractivity contribution is -0.145. The molecular formula is C69H74BBr4ClN8O10S4. The van der Waals surface area contributed by atoms with E-state index >= 15 is 0 Å². The Bertz CT molecular complexity index is 3960. The van der Waals surface area contributed by atoms with Gasteiger partial charge in [0.1, 0.15) is 18.6 Å². The number of hydrogen-bond donors (Lipinski definition) is 4. The molecule has 0 saturated heterocycles. The molecule has 5 heterocycles. The Labute approximate surface area is 624 Å². The lowest BCUT2D eigenvalue weighted by Crippen LogP contribution is -2.30. The summed E-state index contributed by atoms with van der Waals surface area (Å²) < 4.78 is 15.6. The molecule has 3 aromatic carbocycles. The number of thioether (sulfide) groups is 3. The molecule has 8 rings (SSSR count). The summed E-state index contributed by atoms with van der Waals surface area (Å²) in [6.45, 7) is 20.8. The summed E-state index contributed by atoms with van der Waals surface area (Å²) in [7, 11) is -1.46. The van der Waals surface area contributed by atoms with E-state index in [1.165, 1.54) is 59.6 Å². The molecule has 0 radical (unpaired) electrons. The van der Waals surface area contributed by atoms with Gasteiger partial charge in [0.05, 0.1) is 73.2 Å². The van der Waals surface area contributed by atoms with E-state index < -0.39 is 31.7 Å². The number of ether oxygens (including phenoxy) is 3. The normalized spacial score (nSPS) is 10.3. The molecule has 0 aliphatic heterocycles. The fourth-order valence-electron chi connectivity index (χ4n) is 6.62. The van der Waals surface area contributed by atoms with Crippen LogP contribution in [0.2, 0.25) is 5.02 Å². The van der Waals surface area contributed by atoms with Crippen molar-refractivity contribution >= 4 is 159 Å². The fourth-order valence-corrected chi connectivity index (χ4v) is 11.1. The maximum Gasteiger partial charge on any atom is 0.488 e. The molecule has 0 atom stereocenters. The molecule has 5 aromatic heterocycles. The van der Waals surface area contributed by atoms with Crippen molar-refractivity contribution in [3.63, 3.8) is 0 Å². The number of alkyl halides is 1. The zero-order chi connectivity index (χ0) is 72.2. The number of carbonyl (C=O) groups is 4. The van der Waals surface area contributed by atoms with Crippen LogP contribution in [-0.2, 0) is 33.4 Å². The summed E-state index contributed by atoms with van der Waals surface area (Å²) in [5.74, 6) is -1.53. The molecule has 0 bridgehead atoms. The minimum Gasteiger partial charge on any atom is -0.480 e. The minimum absolute atomic E-state index is 0. The third kappa shape index (κ3) is 32.6. The number of nitrogens with zero attached hydrogens (tertiary/aromatic N) is 7. The molecule has 0 aliphatic carbocycles. The van der Waals surface area contributed by atoms with Gasteiger partial charge in [-0.25, -0.2) is 0 Å². The molecule has 0 amide bonds. The Morgan fingerprint density at radius 1 is 0.546 bits per heavy atom. The van der Waals surface area contributed by atoms with Crippen LogP contribution in [0.1, 0.15) is 100 Å². The van der Waals surface area contributed by atoms with Crippen LogP contribution in [0.3, 0.4) is 0 Å². The predicted octanol–water partition coefficient (Wildman–Crippen LogP) is 17.5. The van der Waals surface area contributed by atoms with Crippen LogP contribution in [0.25, 0.3) is 22.3 Å². The Kier molecular flexibility index (Phi) is 40.9. The number of hydrogen-bond acceptors (Lipinski definition) is 20. The molecule has 512 valence electrons. The second kappa shape index (κ2) is 45.0. The summed E-state index contributed by atoms with van der Waals surface area (Å²) in [6.07, 6.45) is 17.2. The molecule has 0 spiro atoms. The molecule has 28 heteroatoms. The summed E-state index contributed by atoms with van der Waals surface area (Å²) >= 11 is 27.7. The maximum absolute atomic E-state index is 12.1. The number of aromatic nitrogens is 5. The van der Waals surface area contributed by atoms with Crippen molar-refractivity contribution in [1.29, 1.82) is 15.8 Å². The van der Waals surface area contributed by atoms with Crippen molar-refractivity contribution in [1.82, 2.24) is 24.9 Å². The molecule has 0 saturated carbocycles. The third-order valence-corrected chi connectivity index (χ3v) is 19.1. The number of carboxylic acids is 1. The topological polar surface area (TPSA) is 295 Å². The van der Waals surface area contributed by atoms with Gasteiger partial charge in [-0.1, -0.05) is 83.6 Å². The Morgan fingerprint density at radius 2 is 0.907 bits per heavy atom. The van der Waals surface area contributed by atoms with Gasteiger partial charge in [0, 0.05) is 92.3 Å². The van der Waals surface area contributed by atoms with Crippen molar-refractivity contribution in [2.75, 3.05) is 19.8 Å². The number of halogens is 5. The number of aromatic amines is 1. The standard InChI is InChI=1S/C18H18N2O2S.C16H14N2O2S.C11H14BrNO2S.C7H6BNO2.C6H11BrO2.C5H3BrClN.C5H4BrNS.CH4/c1-4-22-17(21)18(2,3)23-16-9-10-20-12-15(16)14-7-5-13(11-19)6-8-14;1-16(2,15(19)20)21-14-7-8-18-10-13(14)12-5-3-11(9-17)4-6-12;1-4-15-10(14)11(2,3)16-9-5-6-13-7-8(9)12;9-5-6-1-3-7(4-2-6)8(10)11;1-4-9-5(8)6(2,3)7;6-4-3-8-2-1-5(4)7;6-4-3-7-2-1-5(4)8;/h5-10,12H,4H2,1-3H3;3-8,10H,1-2H3,(H,19,20);5-7H,4H2,1-3H3;1-4,10-11H;4H2,1-3H3;1-3H;1-3H,(H,7,8);1H4. The van der Waals surface area contributed by atoms with Crippen LogP contribution in [0, 0.1) is 38.5 Å². The lowest BCUT2D eigenvalue weighted by atomic mass is 9.80. The smallest absolute Gasteiger partial charge is 0.480 e. The van der Waals surface area contributed by atoms with Crippen LogP contribution in [0.5, 0.6) is 0 Å². The van der Waals surface area contributed by atoms with Gasteiger partial charge in [-0.3, -0.25) is 39.1 Å². The predicted molar refractivity (Wildman–Crippen MR) is 405 cm³/mol. The number of rotatable bonds is 16. The summed E-state index contributed by atoms with van der Waals surface area (Å²) in [5, 5.41) is 53.4. The highest BCUT2D eigenvalue weighted by atomic mass is 79.9. The number of pyridine rings is 5. The average molecular weight is 1670 g/mol. The van der Waals surface area contributed by atoms with E-state index in [0.717, 1.165) is 54.9 Å². The Hall–Kier alpha value is -6.78. The first-order valence-electron chi connectivity index (χ1n) is 28.6. The van der Waals surface area contributed by atoms with Gasteiger partial charge in [0.2, 0.25) is 0 Å². The Morgan fingerprint density at radius 3 is 1.22 bits per heavy atom. The van der Waals surface area contributed by atoms with Crippen LogP contribution < -0.4 is 5.46 Å². The number of carbonyl (C=O) groups excluding carboxylic acids is 3. The van der Waals surface area contributed by atoms with Gasteiger partial charge in [0.15, 0.2) is 0 Å². The van der Waals surface area contributed by atoms with E-state index in [1.54, 1.807) is 135 Å². The molecule has 97 heavy (non-hydrogen) atoms. The summed E-state index contributed by atoms with van der Waals surface area (Å²) in [5.41, 5.74) is 5.76. The number of nitriles is 3. The molecule has 8 aromatic rings. The van der Waals surface area contributed by atoms with Gasteiger partial charge in [-0.2, -0.15) is 15.8 Å². The van der Waals surface area contributed by atoms with Gasteiger partial charge < -0.3 is 34.3 Å². The number of benzene rings is 3. The van der Waals surface area contributed by atoms with E-state index in [9.17, 15) is 24.3 Å². The van der Waals surface area contributed by atoms with Crippen LogP contribution >= 0.6 is 123 Å². The van der Waals surface area contributed by atoms with E-state index in [-0.39, 0.29) is 25.3 Å². The second-order valence-electron chi connectivity index (χ2n) is 21.0. The quantitative estimate of drug-likeness (QED) is 0.0174. The Balaban J connectivity index is 0.000000587. The minimum atomic E-state index is -1.46. The molecule has 0 unspecified atom stereocenters. The highest BCUT2D eigenvalue weighted by Gasteiger charge is 2.33. The molecule has 18 nitrogen and oxygen atoms in total. The van der Waals surface area contributed by atoms with E-state index in [4.69, 9.17) is 63.9 Å². The number of carboxylic acid groups (broad SMARTS) is 1. The van der Waals surface area contributed by atoms with Crippen molar-refractivity contribution in [2.24, 2.45) is 0 Å². The van der Waals surface area contributed by atoms with Gasteiger partial charge in [0.25, 0.3) is 0 Å².